The van der Waals surface area contributed by atoms with Crippen molar-refractivity contribution in [3.05, 3.63) is 12.7 Å². The number of hydrogen-bond donors (Lipinski definition) is 2. The summed E-state index contributed by atoms with van der Waals surface area (Å²) in [4.78, 5) is 17.6. The lowest BCUT2D eigenvalue weighted by molar-refractivity contribution is -0.134. The highest BCUT2D eigenvalue weighted by molar-refractivity contribution is 14.0. The number of aliphatic imine (C=N–C) groups is 1. The molecule has 2 rings (SSSR count). The molecule has 0 aromatic heterocycles. The van der Waals surface area contributed by atoms with E-state index in [0.717, 1.165) is 32.3 Å². The molecule has 1 unspecified atom stereocenters. The lowest BCUT2D eigenvalue weighted by Crippen LogP contribution is -2.54. The number of carbonyl (C=O) groups is 1. The highest BCUT2D eigenvalue weighted by Gasteiger charge is 2.42. The van der Waals surface area contributed by atoms with Crippen molar-refractivity contribution >= 4 is 35.8 Å². The van der Waals surface area contributed by atoms with Gasteiger partial charge in [-0.1, -0.05) is 6.08 Å². The molecule has 1 spiro atoms. The Kier molecular flexibility index (Phi) is 8.32. The summed E-state index contributed by atoms with van der Waals surface area (Å²) in [5, 5.41) is 6.63. The van der Waals surface area contributed by atoms with Crippen LogP contribution in [-0.4, -0.2) is 62.2 Å². The lowest BCUT2D eigenvalue weighted by atomic mass is 9.74. The van der Waals surface area contributed by atoms with Gasteiger partial charge < -0.3 is 20.3 Å². The van der Waals surface area contributed by atoms with Gasteiger partial charge in [-0.05, 0) is 32.1 Å². The van der Waals surface area contributed by atoms with Crippen molar-refractivity contribution in [1.29, 1.82) is 0 Å². The number of rotatable bonds is 5. The summed E-state index contributed by atoms with van der Waals surface area (Å²) in [5.41, 5.74) is 0.0962. The molecule has 0 radical (unpaired) electrons. The van der Waals surface area contributed by atoms with Gasteiger partial charge in [-0.2, -0.15) is 0 Å². The third kappa shape index (κ3) is 5.95. The molecule has 1 saturated heterocycles. The van der Waals surface area contributed by atoms with Crippen LogP contribution < -0.4 is 10.6 Å². The lowest BCUT2D eigenvalue weighted by Gasteiger charge is -2.47. The van der Waals surface area contributed by atoms with Crippen LogP contribution in [0.15, 0.2) is 17.6 Å². The van der Waals surface area contributed by atoms with Crippen molar-refractivity contribution < 1.29 is 9.53 Å². The Morgan fingerprint density at radius 3 is 2.78 bits per heavy atom. The molecule has 7 heteroatoms. The number of carbonyl (C=O) groups excluding carboxylic acids is 1. The second-order valence-corrected chi connectivity index (χ2v) is 6.34. The second kappa shape index (κ2) is 9.46. The summed E-state index contributed by atoms with van der Waals surface area (Å²) >= 11 is 0. The van der Waals surface area contributed by atoms with Gasteiger partial charge in [0.25, 0.3) is 0 Å². The average molecular weight is 436 g/mol. The number of halogens is 1. The number of hydrogen-bond acceptors (Lipinski definition) is 3. The summed E-state index contributed by atoms with van der Waals surface area (Å²) in [6.07, 6.45) is 7.36. The summed E-state index contributed by atoms with van der Waals surface area (Å²) in [6, 6.07) is 0.347. The van der Waals surface area contributed by atoms with Crippen molar-refractivity contribution in [1.82, 2.24) is 15.5 Å². The van der Waals surface area contributed by atoms with Crippen molar-refractivity contribution in [2.75, 3.05) is 33.8 Å². The van der Waals surface area contributed by atoms with E-state index >= 15 is 0 Å². The smallest absolute Gasteiger partial charge is 0.243 e. The Morgan fingerprint density at radius 1 is 1.48 bits per heavy atom. The number of likely N-dealkylation sites (N-methyl/N-ethyl adjacent to an activating group) is 1. The second-order valence-electron chi connectivity index (χ2n) is 6.34. The molecule has 1 heterocycles. The van der Waals surface area contributed by atoms with Crippen molar-refractivity contribution in [3.63, 3.8) is 0 Å². The SMILES string of the molecule is C=CCNC(=NCC(=O)N(C)C)NC1CCOC2(CCC2)C1.I. The first-order valence-corrected chi connectivity index (χ1v) is 8.04. The number of ether oxygens (including phenoxy) is 1. The standard InChI is InChI=1S/C16H28N4O2.HI/c1-4-9-17-15(18-12-14(21)20(2)3)19-13-6-10-22-16(11-13)7-5-8-16;/h4,13H,1,5-12H2,2-3H3,(H2,17,18,19);1H. The first-order chi connectivity index (χ1) is 10.5. The van der Waals surface area contributed by atoms with Gasteiger partial charge in [-0.25, -0.2) is 4.99 Å². The van der Waals surface area contributed by atoms with E-state index in [1.54, 1.807) is 25.1 Å². The first-order valence-electron chi connectivity index (χ1n) is 8.04. The molecule has 0 aromatic carbocycles. The number of nitrogens with zero attached hydrogens (tertiary/aromatic N) is 2. The van der Waals surface area contributed by atoms with Crippen LogP contribution in [-0.2, 0) is 9.53 Å². The molecule has 2 N–H and O–H groups in total. The Morgan fingerprint density at radius 2 is 2.22 bits per heavy atom. The van der Waals surface area contributed by atoms with Crippen molar-refractivity contribution in [2.24, 2.45) is 4.99 Å². The number of guanidine groups is 1. The minimum absolute atomic E-state index is 0. The molecular formula is C16H29IN4O2. The summed E-state index contributed by atoms with van der Waals surface area (Å²) in [7, 11) is 3.47. The molecule has 1 amide bonds. The summed E-state index contributed by atoms with van der Waals surface area (Å²) < 4.78 is 5.95. The topological polar surface area (TPSA) is 66.0 Å². The normalized spacial score (nSPS) is 22.5. The van der Waals surface area contributed by atoms with Crippen LogP contribution >= 0.6 is 24.0 Å². The molecule has 2 aliphatic rings. The van der Waals surface area contributed by atoms with Gasteiger partial charge in [0.15, 0.2) is 5.96 Å². The fourth-order valence-electron chi connectivity index (χ4n) is 2.87. The maximum Gasteiger partial charge on any atom is 0.243 e. The first kappa shape index (κ1) is 20.2. The Labute approximate surface area is 156 Å². The monoisotopic (exact) mass is 436 g/mol. The fraction of sp³-hybridized carbons (Fsp3) is 0.750. The highest BCUT2D eigenvalue weighted by Crippen LogP contribution is 2.42. The molecular weight excluding hydrogens is 407 g/mol. The van der Waals surface area contributed by atoms with Crippen LogP contribution in [0.2, 0.25) is 0 Å². The van der Waals surface area contributed by atoms with Crippen LogP contribution in [0.1, 0.15) is 32.1 Å². The highest BCUT2D eigenvalue weighted by atomic mass is 127. The van der Waals surface area contributed by atoms with Gasteiger partial charge in [-0.3, -0.25) is 4.79 Å². The van der Waals surface area contributed by atoms with Gasteiger partial charge in [0.05, 0.1) is 5.60 Å². The van der Waals surface area contributed by atoms with E-state index in [-0.39, 0.29) is 42.0 Å². The molecule has 23 heavy (non-hydrogen) atoms. The minimum Gasteiger partial charge on any atom is -0.375 e. The Hall–Kier alpha value is -0.830. The van der Waals surface area contributed by atoms with Crippen LogP contribution in [0.5, 0.6) is 0 Å². The number of nitrogens with one attached hydrogen (secondary N) is 2. The van der Waals surface area contributed by atoms with Crippen molar-refractivity contribution in [2.45, 2.75) is 43.7 Å². The largest absolute Gasteiger partial charge is 0.375 e. The van der Waals surface area contributed by atoms with E-state index in [4.69, 9.17) is 4.74 Å². The molecule has 1 atom stereocenters. The molecule has 2 fully saturated rings. The molecule has 132 valence electrons. The van der Waals surface area contributed by atoms with Gasteiger partial charge >= 0.3 is 0 Å². The van der Waals surface area contributed by atoms with Crippen LogP contribution in [0, 0.1) is 0 Å². The van der Waals surface area contributed by atoms with E-state index in [2.05, 4.69) is 22.2 Å². The van der Waals surface area contributed by atoms with Gasteiger partial charge in [0.2, 0.25) is 5.91 Å². The molecule has 1 aliphatic heterocycles. The Bertz CT molecular complexity index is 436. The van der Waals surface area contributed by atoms with Gasteiger partial charge in [-0.15, -0.1) is 30.6 Å². The zero-order valence-corrected chi connectivity index (χ0v) is 16.5. The molecule has 1 aliphatic carbocycles. The van der Waals surface area contributed by atoms with Crippen molar-refractivity contribution in [3.8, 4) is 0 Å². The maximum atomic E-state index is 11.7. The Balaban J connectivity index is 0.00000264. The predicted molar refractivity (Wildman–Crippen MR) is 103 cm³/mol. The fourth-order valence-corrected chi connectivity index (χ4v) is 2.87. The van der Waals surface area contributed by atoms with Gasteiger partial charge in [0.1, 0.15) is 6.54 Å². The maximum absolute atomic E-state index is 11.7. The van der Waals surface area contributed by atoms with E-state index in [1.807, 2.05) is 0 Å². The zero-order chi connectivity index (χ0) is 16.0. The molecule has 0 aromatic rings. The molecule has 6 nitrogen and oxygen atoms in total. The van der Waals surface area contributed by atoms with E-state index in [0.29, 0.717) is 18.5 Å². The zero-order valence-electron chi connectivity index (χ0n) is 14.1. The van der Waals surface area contributed by atoms with E-state index in [1.165, 1.54) is 6.42 Å². The van der Waals surface area contributed by atoms with Gasteiger partial charge in [0, 0.05) is 33.3 Å². The minimum atomic E-state index is -0.0119. The summed E-state index contributed by atoms with van der Waals surface area (Å²) in [5.74, 6) is 0.665. The average Bonchev–Trinajstić information content (AvgIpc) is 2.48. The third-order valence-electron chi connectivity index (χ3n) is 4.38. The van der Waals surface area contributed by atoms with Crippen LogP contribution in [0.25, 0.3) is 0 Å². The number of amides is 1. The third-order valence-corrected chi connectivity index (χ3v) is 4.38. The quantitative estimate of drug-likeness (QED) is 0.297. The summed E-state index contributed by atoms with van der Waals surface area (Å²) in [6.45, 7) is 5.27. The van der Waals surface area contributed by atoms with E-state index < -0.39 is 0 Å². The predicted octanol–water partition coefficient (Wildman–Crippen LogP) is 1.52. The molecule has 0 bridgehead atoms. The van der Waals surface area contributed by atoms with Crippen LogP contribution in [0.4, 0.5) is 0 Å². The van der Waals surface area contributed by atoms with Crippen LogP contribution in [0.3, 0.4) is 0 Å². The molecule has 1 saturated carbocycles. The van der Waals surface area contributed by atoms with E-state index in [9.17, 15) is 4.79 Å².